The van der Waals surface area contributed by atoms with Crippen molar-refractivity contribution in [3.63, 3.8) is 0 Å². The minimum atomic E-state index is 0.735. The monoisotopic (exact) mass is 182 g/mol. The summed E-state index contributed by atoms with van der Waals surface area (Å²) in [5.41, 5.74) is 0. The summed E-state index contributed by atoms with van der Waals surface area (Å²) in [6.07, 6.45) is 1.68. The van der Waals surface area contributed by atoms with Gasteiger partial charge < -0.3 is 9.73 Å². The normalized spacial score (nSPS) is 16.2. The second kappa shape index (κ2) is 3.67. The van der Waals surface area contributed by atoms with Gasteiger partial charge in [0.2, 0.25) is 0 Å². The summed E-state index contributed by atoms with van der Waals surface area (Å²) in [7, 11) is 0. The quantitative estimate of drug-likeness (QED) is 0.752. The Kier molecular flexibility index (Phi) is 2.36. The number of hydrogen-bond acceptors (Lipinski definition) is 4. The van der Waals surface area contributed by atoms with Crippen LogP contribution in [0.25, 0.3) is 0 Å². The molecule has 1 N–H and O–H groups in total. The molecule has 4 heteroatoms. The number of amidine groups is 1. The maximum absolute atomic E-state index is 5.17. The van der Waals surface area contributed by atoms with Crippen molar-refractivity contribution >= 4 is 16.9 Å². The summed E-state index contributed by atoms with van der Waals surface area (Å²) in [6, 6.07) is 3.84. The fraction of sp³-hybridized carbons (Fsp3) is 0.375. The summed E-state index contributed by atoms with van der Waals surface area (Å²) in [5.74, 6) is 2.05. The van der Waals surface area contributed by atoms with Gasteiger partial charge in [-0.3, -0.25) is 4.99 Å². The van der Waals surface area contributed by atoms with Crippen LogP contribution in [0.5, 0.6) is 0 Å². The first-order valence-corrected chi connectivity index (χ1v) is 4.87. The molecule has 0 aliphatic carbocycles. The van der Waals surface area contributed by atoms with E-state index in [0.717, 1.165) is 29.8 Å². The number of furan rings is 1. The number of rotatable bonds is 2. The van der Waals surface area contributed by atoms with E-state index in [0.29, 0.717) is 0 Å². The molecule has 1 aliphatic rings. The summed E-state index contributed by atoms with van der Waals surface area (Å²) < 4.78 is 5.17. The van der Waals surface area contributed by atoms with Crippen LogP contribution in [0.15, 0.2) is 27.8 Å². The van der Waals surface area contributed by atoms with E-state index in [1.807, 2.05) is 12.1 Å². The van der Waals surface area contributed by atoms with Gasteiger partial charge in [0.05, 0.1) is 19.4 Å². The van der Waals surface area contributed by atoms with E-state index in [-0.39, 0.29) is 0 Å². The summed E-state index contributed by atoms with van der Waals surface area (Å²) >= 11 is 1.76. The van der Waals surface area contributed by atoms with E-state index in [9.17, 15) is 0 Å². The second-order valence-electron chi connectivity index (χ2n) is 2.47. The molecule has 0 radical (unpaired) electrons. The third kappa shape index (κ3) is 1.82. The van der Waals surface area contributed by atoms with Gasteiger partial charge in [-0.05, 0) is 12.1 Å². The number of nitrogens with zero attached hydrogens (tertiary/aromatic N) is 1. The van der Waals surface area contributed by atoms with E-state index in [2.05, 4.69) is 10.3 Å². The van der Waals surface area contributed by atoms with Crippen LogP contribution in [0, 0.1) is 0 Å². The van der Waals surface area contributed by atoms with Crippen LogP contribution in [0.1, 0.15) is 5.76 Å². The molecule has 0 bridgehead atoms. The van der Waals surface area contributed by atoms with Crippen molar-refractivity contribution < 1.29 is 4.42 Å². The number of aliphatic imine (C=N–C) groups is 1. The zero-order chi connectivity index (χ0) is 8.23. The van der Waals surface area contributed by atoms with Crippen molar-refractivity contribution in [3.05, 3.63) is 24.2 Å². The van der Waals surface area contributed by atoms with Gasteiger partial charge in [0.15, 0.2) is 5.17 Å². The van der Waals surface area contributed by atoms with Crippen LogP contribution in [-0.2, 0) is 6.54 Å². The first-order chi connectivity index (χ1) is 5.95. The van der Waals surface area contributed by atoms with Gasteiger partial charge in [-0.15, -0.1) is 0 Å². The molecule has 0 aromatic carbocycles. The van der Waals surface area contributed by atoms with Crippen LogP contribution >= 0.6 is 11.8 Å². The van der Waals surface area contributed by atoms with E-state index >= 15 is 0 Å². The zero-order valence-corrected chi connectivity index (χ0v) is 7.43. The lowest BCUT2D eigenvalue weighted by molar-refractivity contribution is 0.504. The Bertz CT molecular complexity index is 269. The molecule has 0 amide bonds. The van der Waals surface area contributed by atoms with Crippen molar-refractivity contribution in [2.24, 2.45) is 4.99 Å². The minimum absolute atomic E-state index is 0.735. The molecule has 0 saturated heterocycles. The van der Waals surface area contributed by atoms with Gasteiger partial charge in [-0.2, -0.15) is 0 Å². The SMILES string of the molecule is c1coc(CNC2=NCCS2)c1. The zero-order valence-electron chi connectivity index (χ0n) is 6.62. The van der Waals surface area contributed by atoms with Crippen LogP contribution < -0.4 is 5.32 Å². The molecular weight excluding hydrogens is 172 g/mol. The molecule has 0 atom stereocenters. The highest BCUT2D eigenvalue weighted by atomic mass is 32.2. The first kappa shape index (κ1) is 7.73. The largest absolute Gasteiger partial charge is 0.467 e. The van der Waals surface area contributed by atoms with Crippen molar-refractivity contribution in [1.82, 2.24) is 5.32 Å². The Balaban J connectivity index is 1.82. The Hall–Kier alpha value is -0.900. The molecule has 0 fully saturated rings. The molecule has 0 spiro atoms. The molecule has 2 rings (SSSR count). The molecule has 64 valence electrons. The van der Waals surface area contributed by atoms with Gasteiger partial charge >= 0.3 is 0 Å². The summed E-state index contributed by atoms with van der Waals surface area (Å²) in [6.45, 7) is 1.67. The first-order valence-electron chi connectivity index (χ1n) is 3.88. The van der Waals surface area contributed by atoms with Crippen molar-refractivity contribution in [1.29, 1.82) is 0 Å². The number of thioether (sulfide) groups is 1. The second-order valence-corrected chi connectivity index (χ2v) is 3.55. The molecule has 2 heterocycles. The van der Waals surface area contributed by atoms with Crippen LogP contribution in [-0.4, -0.2) is 17.5 Å². The Morgan fingerprint density at radius 1 is 1.67 bits per heavy atom. The molecule has 12 heavy (non-hydrogen) atoms. The smallest absolute Gasteiger partial charge is 0.157 e. The van der Waals surface area contributed by atoms with E-state index in [1.54, 1.807) is 18.0 Å². The van der Waals surface area contributed by atoms with E-state index < -0.39 is 0 Å². The highest BCUT2D eigenvalue weighted by Crippen LogP contribution is 2.09. The van der Waals surface area contributed by atoms with Gasteiger partial charge in [0, 0.05) is 5.75 Å². The maximum atomic E-state index is 5.17. The number of hydrogen-bond donors (Lipinski definition) is 1. The van der Waals surface area contributed by atoms with Gasteiger partial charge in [0.25, 0.3) is 0 Å². The molecule has 1 aliphatic heterocycles. The predicted molar refractivity (Wildman–Crippen MR) is 50.3 cm³/mol. The van der Waals surface area contributed by atoms with Gasteiger partial charge in [-0.25, -0.2) is 0 Å². The highest BCUT2D eigenvalue weighted by molar-refractivity contribution is 8.14. The number of nitrogens with one attached hydrogen (secondary N) is 1. The predicted octanol–water partition coefficient (Wildman–Crippen LogP) is 1.47. The lowest BCUT2D eigenvalue weighted by atomic mass is 10.4. The standard InChI is InChI=1S/C8H10N2OS/c1-2-7(11-4-1)6-10-8-9-3-5-12-8/h1-2,4H,3,5-6H2,(H,9,10). The molecular formula is C8H10N2OS. The van der Waals surface area contributed by atoms with Crippen LogP contribution in [0.4, 0.5) is 0 Å². The minimum Gasteiger partial charge on any atom is -0.467 e. The molecule has 0 saturated carbocycles. The molecule has 1 aromatic rings. The molecule has 0 unspecified atom stereocenters. The van der Waals surface area contributed by atoms with Crippen molar-refractivity contribution in [2.75, 3.05) is 12.3 Å². The summed E-state index contributed by atoms with van der Waals surface area (Å²) in [4.78, 5) is 4.26. The van der Waals surface area contributed by atoms with Gasteiger partial charge in [-0.1, -0.05) is 11.8 Å². The Morgan fingerprint density at radius 2 is 2.67 bits per heavy atom. The topological polar surface area (TPSA) is 37.5 Å². The maximum Gasteiger partial charge on any atom is 0.157 e. The van der Waals surface area contributed by atoms with Crippen LogP contribution in [0.3, 0.4) is 0 Å². The highest BCUT2D eigenvalue weighted by Gasteiger charge is 2.05. The summed E-state index contributed by atoms with van der Waals surface area (Å²) in [5, 5.41) is 4.24. The van der Waals surface area contributed by atoms with E-state index in [1.165, 1.54) is 0 Å². The fourth-order valence-electron chi connectivity index (χ4n) is 1.02. The molecule has 3 nitrogen and oxygen atoms in total. The fourth-order valence-corrected chi connectivity index (χ4v) is 1.75. The van der Waals surface area contributed by atoms with E-state index in [4.69, 9.17) is 4.42 Å². The third-order valence-corrected chi connectivity index (χ3v) is 2.51. The van der Waals surface area contributed by atoms with Crippen molar-refractivity contribution in [2.45, 2.75) is 6.54 Å². The Morgan fingerprint density at radius 3 is 3.33 bits per heavy atom. The lowest BCUT2D eigenvalue weighted by Crippen LogP contribution is -2.17. The molecule has 1 aromatic heterocycles. The van der Waals surface area contributed by atoms with Crippen molar-refractivity contribution in [3.8, 4) is 0 Å². The lowest BCUT2D eigenvalue weighted by Gasteiger charge is -2.00. The average Bonchev–Trinajstić information content (AvgIpc) is 2.74. The average molecular weight is 182 g/mol. The Labute approximate surface area is 75.2 Å². The third-order valence-electron chi connectivity index (χ3n) is 1.58. The van der Waals surface area contributed by atoms with Crippen LogP contribution in [0.2, 0.25) is 0 Å². The van der Waals surface area contributed by atoms with Gasteiger partial charge in [0.1, 0.15) is 5.76 Å².